The normalized spacial score (nSPS) is 11.5. The number of rotatable bonds is 7. The number of thiazole rings is 1. The van der Waals surface area contributed by atoms with E-state index < -0.39 is 10.0 Å². The standard InChI is InChI=1S/C17H16ClN3O2S3/c1-12-14(18)5-4-6-15(12)26(22,23)21-17-20-13(11-25-17)8-10-24-16-7-2-3-9-19-16/h2-7,9,11H,8,10H2,1H3,(H,20,21). The molecule has 0 bridgehead atoms. The summed E-state index contributed by atoms with van der Waals surface area (Å²) in [5.74, 6) is 0.820. The summed E-state index contributed by atoms with van der Waals surface area (Å²) < 4.78 is 27.7. The Morgan fingerprint density at radius 3 is 2.85 bits per heavy atom. The monoisotopic (exact) mass is 425 g/mol. The van der Waals surface area contributed by atoms with Crippen LogP contribution in [0.5, 0.6) is 0 Å². The van der Waals surface area contributed by atoms with Gasteiger partial charge < -0.3 is 0 Å². The molecular weight excluding hydrogens is 410 g/mol. The minimum Gasteiger partial charge on any atom is -0.255 e. The first-order chi connectivity index (χ1) is 12.5. The number of pyridine rings is 1. The first-order valence-corrected chi connectivity index (χ1v) is 11.4. The first kappa shape index (κ1) is 19.2. The van der Waals surface area contributed by atoms with E-state index in [0.29, 0.717) is 15.7 Å². The third kappa shape index (κ3) is 4.76. The molecule has 0 aliphatic heterocycles. The first-order valence-electron chi connectivity index (χ1n) is 7.72. The molecule has 1 N–H and O–H groups in total. The fourth-order valence-electron chi connectivity index (χ4n) is 2.21. The van der Waals surface area contributed by atoms with Crippen molar-refractivity contribution in [2.45, 2.75) is 23.3 Å². The van der Waals surface area contributed by atoms with Gasteiger partial charge in [-0.25, -0.2) is 18.4 Å². The lowest BCUT2D eigenvalue weighted by Gasteiger charge is -2.09. The van der Waals surface area contributed by atoms with Gasteiger partial charge in [-0.3, -0.25) is 4.72 Å². The Morgan fingerprint density at radius 1 is 1.23 bits per heavy atom. The van der Waals surface area contributed by atoms with Crippen LogP contribution in [0.2, 0.25) is 5.02 Å². The van der Waals surface area contributed by atoms with Gasteiger partial charge in [0.25, 0.3) is 10.0 Å². The summed E-state index contributed by atoms with van der Waals surface area (Å²) in [7, 11) is -3.72. The Kier molecular flexibility index (Phi) is 6.18. The van der Waals surface area contributed by atoms with Crippen LogP contribution < -0.4 is 4.72 Å². The molecule has 0 saturated carbocycles. The van der Waals surface area contributed by atoms with Crippen LogP contribution in [0.3, 0.4) is 0 Å². The number of nitrogens with one attached hydrogen (secondary N) is 1. The minimum absolute atomic E-state index is 0.160. The van der Waals surface area contributed by atoms with Crippen molar-refractivity contribution in [3.05, 3.63) is 64.3 Å². The van der Waals surface area contributed by atoms with E-state index in [4.69, 9.17) is 11.6 Å². The Hall–Kier alpha value is -1.61. The maximum absolute atomic E-state index is 12.6. The molecule has 0 unspecified atom stereocenters. The molecule has 9 heteroatoms. The van der Waals surface area contributed by atoms with Gasteiger partial charge in [-0.15, -0.1) is 23.1 Å². The van der Waals surface area contributed by atoms with Crippen LogP contribution in [-0.4, -0.2) is 24.1 Å². The molecule has 0 aliphatic rings. The fraction of sp³-hybridized carbons (Fsp3) is 0.176. The zero-order valence-electron chi connectivity index (χ0n) is 13.8. The van der Waals surface area contributed by atoms with Crippen LogP contribution in [0.1, 0.15) is 11.3 Å². The van der Waals surface area contributed by atoms with E-state index in [2.05, 4.69) is 14.7 Å². The van der Waals surface area contributed by atoms with Gasteiger partial charge in [0, 0.05) is 28.8 Å². The van der Waals surface area contributed by atoms with Crippen molar-refractivity contribution in [2.24, 2.45) is 0 Å². The van der Waals surface area contributed by atoms with Crippen LogP contribution in [0, 0.1) is 6.92 Å². The number of aryl methyl sites for hydroxylation is 1. The van der Waals surface area contributed by atoms with Gasteiger partial charge in [0.1, 0.15) is 0 Å². The molecule has 5 nitrogen and oxygen atoms in total. The number of benzene rings is 1. The quantitative estimate of drug-likeness (QED) is 0.558. The summed E-state index contributed by atoms with van der Waals surface area (Å²) >= 11 is 8.93. The third-order valence-corrected chi connectivity index (χ3v) is 7.30. The molecule has 0 radical (unpaired) electrons. The highest BCUT2D eigenvalue weighted by Crippen LogP contribution is 2.26. The average molecular weight is 426 g/mol. The van der Waals surface area contributed by atoms with Crippen molar-refractivity contribution in [3.8, 4) is 0 Å². The van der Waals surface area contributed by atoms with E-state index in [1.165, 1.54) is 17.4 Å². The number of aromatic nitrogens is 2. The molecule has 1 aromatic carbocycles. The predicted octanol–water partition coefficient (Wildman–Crippen LogP) is 4.64. The zero-order valence-corrected chi connectivity index (χ0v) is 17.1. The summed E-state index contributed by atoms with van der Waals surface area (Å²) in [4.78, 5) is 8.78. The van der Waals surface area contributed by atoms with Gasteiger partial charge in [0.05, 0.1) is 15.6 Å². The molecule has 3 rings (SSSR count). The van der Waals surface area contributed by atoms with Crippen molar-refractivity contribution in [1.82, 2.24) is 9.97 Å². The predicted molar refractivity (Wildman–Crippen MR) is 108 cm³/mol. The Balaban J connectivity index is 1.63. The molecule has 26 heavy (non-hydrogen) atoms. The van der Waals surface area contributed by atoms with Gasteiger partial charge in [0.2, 0.25) is 0 Å². The number of halogens is 1. The molecular formula is C17H16ClN3O2S3. The van der Waals surface area contributed by atoms with E-state index in [1.807, 2.05) is 23.6 Å². The average Bonchev–Trinajstić information content (AvgIpc) is 3.04. The van der Waals surface area contributed by atoms with Crippen LogP contribution in [0.15, 0.2) is 57.9 Å². The van der Waals surface area contributed by atoms with Crippen molar-refractivity contribution < 1.29 is 8.42 Å². The second-order valence-electron chi connectivity index (χ2n) is 5.38. The molecule has 2 heterocycles. The highest BCUT2D eigenvalue weighted by atomic mass is 35.5. The largest absolute Gasteiger partial charge is 0.263 e. The van der Waals surface area contributed by atoms with Gasteiger partial charge in [-0.05, 0) is 36.8 Å². The second-order valence-corrected chi connectivity index (χ2v) is 9.41. The lowest BCUT2D eigenvalue weighted by Crippen LogP contribution is -2.14. The Morgan fingerprint density at radius 2 is 2.08 bits per heavy atom. The van der Waals surface area contributed by atoms with Gasteiger partial charge >= 0.3 is 0 Å². The van der Waals surface area contributed by atoms with Crippen molar-refractivity contribution in [2.75, 3.05) is 10.5 Å². The molecule has 0 saturated heterocycles. The van der Waals surface area contributed by atoms with E-state index in [1.54, 1.807) is 37.0 Å². The second kappa shape index (κ2) is 8.39. The Labute approximate surface area is 165 Å². The molecule has 0 aliphatic carbocycles. The molecule has 0 spiro atoms. The van der Waals surface area contributed by atoms with Gasteiger partial charge in [0.15, 0.2) is 5.13 Å². The van der Waals surface area contributed by atoms with E-state index in [9.17, 15) is 8.42 Å². The third-order valence-electron chi connectivity index (χ3n) is 3.53. The van der Waals surface area contributed by atoms with Crippen molar-refractivity contribution in [3.63, 3.8) is 0 Å². The summed E-state index contributed by atoms with van der Waals surface area (Å²) in [5, 5.41) is 3.59. The van der Waals surface area contributed by atoms with E-state index >= 15 is 0 Å². The number of thioether (sulfide) groups is 1. The molecule has 2 aromatic heterocycles. The summed E-state index contributed by atoms with van der Waals surface area (Å²) in [5.41, 5.74) is 1.36. The number of hydrogen-bond donors (Lipinski definition) is 1. The van der Waals surface area contributed by atoms with E-state index in [-0.39, 0.29) is 4.90 Å². The molecule has 136 valence electrons. The van der Waals surface area contributed by atoms with Crippen molar-refractivity contribution in [1.29, 1.82) is 0 Å². The van der Waals surface area contributed by atoms with Crippen LogP contribution in [0.4, 0.5) is 5.13 Å². The molecule has 3 aromatic rings. The lowest BCUT2D eigenvalue weighted by molar-refractivity contribution is 0.600. The smallest absolute Gasteiger partial charge is 0.255 e. The summed E-state index contributed by atoms with van der Waals surface area (Å²) in [6.45, 7) is 1.68. The maximum atomic E-state index is 12.6. The lowest BCUT2D eigenvalue weighted by atomic mass is 10.2. The van der Waals surface area contributed by atoms with Crippen LogP contribution >= 0.6 is 34.7 Å². The topological polar surface area (TPSA) is 72.0 Å². The SMILES string of the molecule is Cc1c(Cl)cccc1S(=O)(=O)Nc1nc(CCSc2ccccn2)cs1. The van der Waals surface area contributed by atoms with Crippen LogP contribution in [0.25, 0.3) is 0 Å². The zero-order chi connectivity index (χ0) is 18.6. The number of hydrogen-bond acceptors (Lipinski definition) is 6. The van der Waals surface area contributed by atoms with Gasteiger partial charge in [-0.1, -0.05) is 23.7 Å². The fourth-order valence-corrected chi connectivity index (χ4v) is 5.54. The van der Waals surface area contributed by atoms with Crippen LogP contribution in [-0.2, 0) is 16.4 Å². The molecule has 0 atom stereocenters. The summed E-state index contributed by atoms with van der Waals surface area (Å²) in [6.07, 6.45) is 2.49. The Bertz CT molecular complexity index is 991. The van der Waals surface area contributed by atoms with Gasteiger partial charge in [-0.2, -0.15) is 0 Å². The number of sulfonamides is 1. The van der Waals surface area contributed by atoms with Crippen molar-refractivity contribution >= 4 is 49.9 Å². The molecule has 0 amide bonds. The number of anilines is 1. The minimum atomic E-state index is -3.72. The number of nitrogens with zero attached hydrogens (tertiary/aromatic N) is 2. The highest BCUT2D eigenvalue weighted by Gasteiger charge is 2.19. The molecule has 0 fully saturated rings. The summed E-state index contributed by atoms with van der Waals surface area (Å²) in [6, 6.07) is 10.6. The maximum Gasteiger partial charge on any atom is 0.263 e. The van der Waals surface area contributed by atoms with E-state index in [0.717, 1.165) is 22.9 Å². The highest BCUT2D eigenvalue weighted by molar-refractivity contribution is 7.99.